The number of hydrogen-bond donors (Lipinski definition) is 2. The molecule has 2 heteroatoms. The van der Waals surface area contributed by atoms with Gasteiger partial charge in [-0.15, -0.1) is 13.2 Å². The maximum absolute atomic E-state index is 5.28. The van der Waals surface area contributed by atoms with Gasteiger partial charge in [0, 0.05) is 0 Å². The topological polar surface area (TPSA) is 52.0 Å². The van der Waals surface area contributed by atoms with Crippen LogP contribution in [0.15, 0.2) is 13.2 Å². The summed E-state index contributed by atoms with van der Waals surface area (Å²) >= 11 is 0. The number of nitrogens with two attached hydrogens (primary N) is 2. The van der Waals surface area contributed by atoms with E-state index in [0.717, 1.165) is 25.9 Å². The average Bonchev–Trinajstić information content (AvgIpc) is 2.02. The fourth-order valence-electron chi connectivity index (χ4n) is 0.642. The Morgan fingerprint density at radius 2 is 1.00 bits per heavy atom. The molecule has 0 aliphatic heterocycles. The second-order valence-electron chi connectivity index (χ2n) is 1.99. The monoisotopic (exact) mass is 144 g/mol. The largest absolute Gasteiger partial charge is 0.330 e. The van der Waals surface area contributed by atoms with Crippen molar-refractivity contribution in [3.8, 4) is 0 Å². The first-order valence-corrected chi connectivity index (χ1v) is 3.82. The van der Waals surface area contributed by atoms with E-state index in [0.29, 0.717) is 0 Å². The highest BCUT2D eigenvalue weighted by Gasteiger charge is 1.83. The molecular formula is C8H20N2. The second kappa shape index (κ2) is 15.9. The summed E-state index contributed by atoms with van der Waals surface area (Å²) in [6.07, 6.45) is 4.79. The molecule has 0 saturated heterocycles. The van der Waals surface area contributed by atoms with Crippen LogP contribution in [-0.2, 0) is 0 Å². The maximum atomic E-state index is 5.28. The van der Waals surface area contributed by atoms with E-state index in [2.05, 4.69) is 13.2 Å². The van der Waals surface area contributed by atoms with Crippen LogP contribution < -0.4 is 11.5 Å². The fourth-order valence-corrected chi connectivity index (χ4v) is 0.642. The van der Waals surface area contributed by atoms with Crippen molar-refractivity contribution < 1.29 is 0 Å². The summed E-state index contributed by atoms with van der Waals surface area (Å²) in [6.45, 7) is 7.65. The van der Waals surface area contributed by atoms with Gasteiger partial charge in [-0.05, 0) is 25.9 Å². The normalized spacial score (nSPS) is 8.20. The SMILES string of the molecule is C=C.NCCCCCCN. The van der Waals surface area contributed by atoms with Crippen molar-refractivity contribution >= 4 is 0 Å². The van der Waals surface area contributed by atoms with Crippen LogP contribution in [0.1, 0.15) is 25.7 Å². The molecule has 0 rings (SSSR count). The maximum Gasteiger partial charge on any atom is -0.00773 e. The van der Waals surface area contributed by atoms with Crippen LogP contribution in [0.25, 0.3) is 0 Å². The van der Waals surface area contributed by atoms with Gasteiger partial charge in [-0.3, -0.25) is 0 Å². The van der Waals surface area contributed by atoms with Gasteiger partial charge >= 0.3 is 0 Å². The summed E-state index contributed by atoms with van der Waals surface area (Å²) in [5.74, 6) is 0. The first-order valence-electron chi connectivity index (χ1n) is 3.82. The Morgan fingerprint density at radius 1 is 0.700 bits per heavy atom. The number of unbranched alkanes of at least 4 members (excludes halogenated alkanes) is 3. The molecule has 0 aromatic rings. The molecule has 0 spiro atoms. The van der Waals surface area contributed by atoms with E-state index < -0.39 is 0 Å². The lowest BCUT2D eigenvalue weighted by Crippen LogP contribution is -2.00. The zero-order valence-corrected chi connectivity index (χ0v) is 6.81. The minimum Gasteiger partial charge on any atom is -0.330 e. The summed E-state index contributed by atoms with van der Waals surface area (Å²) in [6, 6.07) is 0. The molecule has 0 heterocycles. The lowest BCUT2D eigenvalue weighted by molar-refractivity contribution is 0.653. The van der Waals surface area contributed by atoms with Crippen LogP contribution in [0, 0.1) is 0 Å². The first-order chi connectivity index (χ1) is 4.91. The highest BCUT2D eigenvalue weighted by Crippen LogP contribution is 1.95. The van der Waals surface area contributed by atoms with E-state index >= 15 is 0 Å². The molecule has 0 radical (unpaired) electrons. The minimum absolute atomic E-state index is 0.824. The highest BCUT2D eigenvalue weighted by molar-refractivity contribution is 4.43. The van der Waals surface area contributed by atoms with E-state index in [1.807, 2.05) is 0 Å². The van der Waals surface area contributed by atoms with E-state index in [4.69, 9.17) is 11.5 Å². The minimum atomic E-state index is 0.824. The highest BCUT2D eigenvalue weighted by atomic mass is 14.5. The molecule has 0 aromatic heterocycles. The Balaban J connectivity index is 0. The van der Waals surface area contributed by atoms with Crippen LogP contribution in [0.4, 0.5) is 0 Å². The molecule has 62 valence electrons. The van der Waals surface area contributed by atoms with E-state index in [1.54, 1.807) is 0 Å². The number of rotatable bonds is 5. The van der Waals surface area contributed by atoms with Gasteiger partial charge in [0.1, 0.15) is 0 Å². The van der Waals surface area contributed by atoms with Crippen molar-refractivity contribution in [2.75, 3.05) is 13.1 Å². The van der Waals surface area contributed by atoms with Gasteiger partial charge in [0.15, 0.2) is 0 Å². The molecule has 0 atom stereocenters. The third-order valence-corrected chi connectivity index (χ3v) is 1.16. The molecule has 0 aromatic carbocycles. The lowest BCUT2D eigenvalue weighted by atomic mass is 10.2. The van der Waals surface area contributed by atoms with Gasteiger partial charge in [-0.25, -0.2) is 0 Å². The van der Waals surface area contributed by atoms with Crippen LogP contribution in [0.2, 0.25) is 0 Å². The Hall–Kier alpha value is -0.340. The zero-order valence-electron chi connectivity index (χ0n) is 6.81. The standard InChI is InChI=1S/C6H16N2.C2H4/c7-5-3-1-2-4-6-8;1-2/h1-8H2;1-2H2. The van der Waals surface area contributed by atoms with Gasteiger partial charge in [0.05, 0.1) is 0 Å². The van der Waals surface area contributed by atoms with E-state index in [9.17, 15) is 0 Å². The first kappa shape index (κ1) is 12.3. The second-order valence-corrected chi connectivity index (χ2v) is 1.99. The molecule has 4 N–H and O–H groups in total. The molecule has 0 saturated carbocycles. The molecule has 2 nitrogen and oxygen atoms in total. The van der Waals surface area contributed by atoms with Crippen molar-refractivity contribution in [1.82, 2.24) is 0 Å². The fraction of sp³-hybridized carbons (Fsp3) is 0.750. The predicted molar refractivity (Wildman–Crippen MR) is 47.8 cm³/mol. The molecule has 0 aliphatic rings. The average molecular weight is 144 g/mol. The van der Waals surface area contributed by atoms with Gasteiger partial charge in [0.2, 0.25) is 0 Å². The van der Waals surface area contributed by atoms with Crippen molar-refractivity contribution in [2.45, 2.75) is 25.7 Å². The smallest absolute Gasteiger partial charge is 0.00773 e. The zero-order chi connectivity index (χ0) is 8.24. The van der Waals surface area contributed by atoms with Gasteiger partial charge in [-0.1, -0.05) is 12.8 Å². The summed E-state index contributed by atoms with van der Waals surface area (Å²) in [5.41, 5.74) is 10.6. The van der Waals surface area contributed by atoms with E-state index in [1.165, 1.54) is 12.8 Å². The lowest BCUT2D eigenvalue weighted by Gasteiger charge is -1.94. The molecule has 0 unspecified atom stereocenters. The summed E-state index contributed by atoms with van der Waals surface area (Å²) in [7, 11) is 0. The van der Waals surface area contributed by atoms with Crippen molar-refractivity contribution in [3.63, 3.8) is 0 Å². The van der Waals surface area contributed by atoms with Crippen molar-refractivity contribution in [2.24, 2.45) is 11.5 Å². The predicted octanol–water partition coefficient (Wildman–Crippen LogP) is 1.27. The molecular weight excluding hydrogens is 124 g/mol. The Bertz CT molecular complexity index is 40.5. The van der Waals surface area contributed by atoms with E-state index in [-0.39, 0.29) is 0 Å². The Kier molecular flexibility index (Phi) is 19.6. The number of hydrogen-bond acceptors (Lipinski definition) is 2. The Morgan fingerprint density at radius 3 is 1.20 bits per heavy atom. The van der Waals surface area contributed by atoms with Crippen molar-refractivity contribution in [1.29, 1.82) is 0 Å². The van der Waals surface area contributed by atoms with Crippen LogP contribution >= 0.6 is 0 Å². The summed E-state index contributed by atoms with van der Waals surface area (Å²) in [5, 5.41) is 0. The van der Waals surface area contributed by atoms with Crippen molar-refractivity contribution in [3.05, 3.63) is 13.2 Å². The molecule has 0 amide bonds. The molecule has 0 aliphatic carbocycles. The molecule has 10 heavy (non-hydrogen) atoms. The Labute approximate surface area is 64.3 Å². The summed E-state index contributed by atoms with van der Waals surface area (Å²) in [4.78, 5) is 0. The molecule has 0 bridgehead atoms. The van der Waals surface area contributed by atoms with Crippen LogP contribution in [-0.4, -0.2) is 13.1 Å². The van der Waals surface area contributed by atoms with Gasteiger partial charge < -0.3 is 11.5 Å². The third-order valence-electron chi connectivity index (χ3n) is 1.16. The molecule has 0 fully saturated rings. The van der Waals surface area contributed by atoms with Crippen LogP contribution in [0.5, 0.6) is 0 Å². The summed E-state index contributed by atoms with van der Waals surface area (Å²) < 4.78 is 0. The van der Waals surface area contributed by atoms with Crippen LogP contribution in [0.3, 0.4) is 0 Å². The van der Waals surface area contributed by atoms with Gasteiger partial charge in [0.25, 0.3) is 0 Å². The third kappa shape index (κ3) is 15.6. The quantitative estimate of drug-likeness (QED) is 0.451. The van der Waals surface area contributed by atoms with Gasteiger partial charge in [-0.2, -0.15) is 0 Å².